The number of benzene rings is 1. The molecule has 0 fully saturated rings. The normalized spacial score (nSPS) is 13.2. The van der Waals surface area contributed by atoms with Crippen molar-refractivity contribution in [1.29, 1.82) is 0 Å². The molecule has 0 saturated carbocycles. The molecule has 3 heterocycles. The lowest BCUT2D eigenvalue weighted by atomic mass is 10.1. The second-order valence-corrected chi connectivity index (χ2v) is 6.56. The van der Waals surface area contributed by atoms with Gasteiger partial charge in [-0.3, -0.25) is 23.7 Å². The van der Waals surface area contributed by atoms with Crippen LogP contribution >= 0.6 is 0 Å². The van der Waals surface area contributed by atoms with Crippen molar-refractivity contribution in [3.05, 3.63) is 65.6 Å². The molecule has 0 bridgehead atoms. The van der Waals surface area contributed by atoms with Crippen LogP contribution in [0.2, 0.25) is 0 Å². The highest BCUT2D eigenvalue weighted by Gasteiger charge is 2.34. The van der Waals surface area contributed by atoms with E-state index in [0.29, 0.717) is 30.5 Å². The van der Waals surface area contributed by atoms with Crippen LogP contribution in [-0.2, 0) is 11.2 Å². The molecular formula is C20H19N5O3. The van der Waals surface area contributed by atoms with Gasteiger partial charge < -0.3 is 5.32 Å². The van der Waals surface area contributed by atoms with E-state index in [-0.39, 0.29) is 30.7 Å². The van der Waals surface area contributed by atoms with Crippen molar-refractivity contribution in [2.45, 2.75) is 19.3 Å². The summed E-state index contributed by atoms with van der Waals surface area (Å²) in [5.74, 6) is 0.0757. The molecule has 1 aliphatic rings. The van der Waals surface area contributed by atoms with Crippen molar-refractivity contribution in [2.24, 2.45) is 0 Å². The fourth-order valence-corrected chi connectivity index (χ4v) is 3.30. The third-order valence-corrected chi connectivity index (χ3v) is 4.72. The lowest BCUT2D eigenvalue weighted by Crippen LogP contribution is -2.32. The highest BCUT2D eigenvalue weighted by molar-refractivity contribution is 6.21. The van der Waals surface area contributed by atoms with Gasteiger partial charge in [-0.25, -0.2) is 0 Å². The molecule has 1 aliphatic heterocycles. The van der Waals surface area contributed by atoms with Crippen molar-refractivity contribution in [2.75, 3.05) is 13.1 Å². The Balaban J connectivity index is 1.22. The molecule has 8 nitrogen and oxygen atoms in total. The maximum Gasteiger partial charge on any atom is 0.261 e. The average Bonchev–Trinajstić information content (AvgIpc) is 3.23. The number of carbonyl (C=O) groups is 3. The van der Waals surface area contributed by atoms with E-state index in [1.807, 2.05) is 28.8 Å². The summed E-state index contributed by atoms with van der Waals surface area (Å²) in [4.78, 5) is 37.8. The molecule has 4 rings (SSSR count). The van der Waals surface area contributed by atoms with E-state index in [9.17, 15) is 14.4 Å². The molecule has 0 aliphatic carbocycles. The lowest BCUT2D eigenvalue weighted by Gasteiger charge is -2.13. The highest BCUT2D eigenvalue weighted by Crippen LogP contribution is 2.22. The zero-order valence-corrected chi connectivity index (χ0v) is 15.2. The number of hydrogen-bond acceptors (Lipinski definition) is 5. The zero-order valence-electron chi connectivity index (χ0n) is 15.2. The van der Waals surface area contributed by atoms with Crippen LogP contribution < -0.4 is 5.32 Å². The number of pyridine rings is 1. The Morgan fingerprint density at radius 3 is 2.43 bits per heavy atom. The Morgan fingerprint density at radius 1 is 0.964 bits per heavy atom. The Kier molecular flexibility index (Phi) is 4.84. The third kappa shape index (κ3) is 3.36. The van der Waals surface area contributed by atoms with Gasteiger partial charge in [0.1, 0.15) is 5.82 Å². The van der Waals surface area contributed by atoms with Crippen molar-refractivity contribution in [3.8, 4) is 0 Å². The number of carbonyl (C=O) groups excluding carboxylic acids is 3. The molecule has 142 valence electrons. The lowest BCUT2D eigenvalue weighted by molar-refractivity contribution is -0.121. The van der Waals surface area contributed by atoms with E-state index in [2.05, 4.69) is 15.5 Å². The summed E-state index contributed by atoms with van der Waals surface area (Å²) in [6.45, 7) is 0.677. The maximum atomic E-state index is 12.3. The Hall–Kier alpha value is -3.55. The Bertz CT molecular complexity index is 1020. The fraction of sp³-hybridized carbons (Fsp3) is 0.250. The van der Waals surface area contributed by atoms with Gasteiger partial charge in [0.25, 0.3) is 11.8 Å². The van der Waals surface area contributed by atoms with Gasteiger partial charge >= 0.3 is 0 Å². The van der Waals surface area contributed by atoms with Crippen molar-refractivity contribution in [1.82, 2.24) is 24.8 Å². The number of hydrogen-bond donors (Lipinski definition) is 1. The molecule has 1 aromatic carbocycles. The van der Waals surface area contributed by atoms with Gasteiger partial charge in [0.2, 0.25) is 5.91 Å². The van der Waals surface area contributed by atoms with E-state index in [0.717, 1.165) is 11.5 Å². The minimum Gasteiger partial charge on any atom is -0.356 e. The highest BCUT2D eigenvalue weighted by atomic mass is 16.2. The van der Waals surface area contributed by atoms with Crippen LogP contribution in [0.3, 0.4) is 0 Å². The van der Waals surface area contributed by atoms with E-state index < -0.39 is 0 Å². The first kappa shape index (κ1) is 17.8. The third-order valence-electron chi connectivity index (χ3n) is 4.72. The Labute approximate surface area is 161 Å². The van der Waals surface area contributed by atoms with Gasteiger partial charge in [-0.1, -0.05) is 18.2 Å². The van der Waals surface area contributed by atoms with Crippen LogP contribution in [0.25, 0.3) is 5.65 Å². The summed E-state index contributed by atoms with van der Waals surface area (Å²) in [7, 11) is 0. The first-order valence-electron chi connectivity index (χ1n) is 9.16. The van der Waals surface area contributed by atoms with Crippen molar-refractivity contribution in [3.63, 3.8) is 0 Å². The number of nitrogens with one attached hydrogen (secondary N) is 1. The topological polar surface area (TPSA) is 96.7 Å². The van der Waals surface area contributed by atoms with Crippen LogP contribution in [0.4, 0.5) is 0 Å². The first-order valence-corrected chi connectivity index (χ1v) is 9.16. The minimum absolute atomic E-state index is 0.120. The second-order valence-electron chi connectivity index (χ2n) is 6.56. The quantitative estimate of drug-likeness (QED) is 0.629. The summed E-state index contributed by atoms with van der Waals surface area (Å²) in [6, 6.07) is 12.4. The molecule has 0 spiro atoms. The van der Waals surface area contributed by atoms with Gasteiger partial charge in [0, 0.05) is 32.1 Å². The number of rotatable bonds is 7. The van der Waals surface area contributed by atoms with E-state index >= 15 is 0 Å². The molecule has 0 radical (unpaired) electrons. The monoisotopic (exact) mass is 377 g/mol. The zero-order chi connectivity index (χ0) is 19.5. The number of nitrogens with zero attached hydrogens (tertiary/aromatic N) is 4. The van der Waals surface area contributed by atoms with Crippen molar-refractivity contribution < 1.29 is 14.4 Å². The first-order chi connectivity index (χ1) is 13.6. The Morgan fingerprint density at radius 2 is 1.68 bits per heavy atom. The predicted molar refractivity (Wildman–Crippen MR) is 101 cm³/mol. The van der Waals surface area contributed by atoms with Gasteiger partial charge in [-0.15, -0.1) is 10.2 Å². The smallest absolute Gasteiger partial charge is 0.261 e. The van der Waals surface area contributed by atoms with Crippen molar-refractivity contribution >= 4 is 23.4 Å². The number of imide groups is 1. The van der Waals surface area contributed by atoms with E-state index in [1.54, 1.807) is 24.3 Å². The van der Waals surface area contributed by atoms with Gasteiger partial charge in [-0.05, 0) is 30.7 Å². The fourth-order valence-electron chi connectivity index (χ4n) is 3.30. The van der Waals surface area contributed by atoms with Crippen LogP contribution in [0.1, 0.15) is 39.4 Å². The summed E-state index contributed by atoms with van der Waals surface area (Å²) < 4.78 is 1.88. The number of amides is 3. The average molecular weight is 377 g/mol. The number of fused-ring (bicyclic) bond motifs is 2. The summed E-state index contributed by atoms with van der Waals surface area (Å²) in [6.07, 6.45) is 3.11. The van der Waals surface area contributed by atoms with E-state index in [1.165, 1.54) is 4.90 Å². The van der Waals surface area contributed by atoms with Crippen LogP contribution in [0.15, 0.2) is 48.7 Å². The molecule has 8 heteroatoms. The molecule has 28 heavy (non-hydrogen) atoms. The predicted octanol–water partition coefficient (Wildman–Crippen LogP) is 1.46. The molecule has 3 aromatic rings. The molecule has 0 saturated heterocycles. The molecule has 1 N–H and O–H groups in total. The minimum atomic E-state index is -0.292. The van der Waals surface area contributed by atoms with E-state index in [4.69, 9.17) is 0 Å². The standard InChI is InChI=1S/C20H19N5O3/c26-18(21-11-10-17-23-22-16-8-3-4-12-24(16)17)9-5-13-25-19(27)14-6-1-2-7-15(14)20(25)28/h1-4,6-8,12H,5,9-11,13H2,(H,21,26). The van der Waals surface area contributed by atoms with Crippen LogP contribution in [-0.4, -0.2) is 50.3 Å². The molecule has 3 amide bonds. The molecular weight excluding hydrogens is 358 g/mol. The largest absolute Gasteiger partial charge is 0.356 e. The summed E-state index contributed by atoms with van der Waals surface area (Å²) in [5, 5.41) is 11.0. The summed E-state index contributed by atoms with van der Waals surface area (Å²) in [5.41, 5.74) is 1.62. The SMILES string of the molecule is O=C(CCCN1C(=O)c2ccccc2C1=O)NCCc1nnc2ccccn12. The second kappa shape index (κ2) is 7.59. The van der Waals surface area contributed by atoms with Gasteiger partial charge in [-0.2, -0.15) is 0 Å². The van der Waals surface area contributed by atoms with Gasteiger partial charge in [0.05, 0.1) is 11.1 Å². The molecule has 0 unspecified atom stereocenters. The van der Waals surface area contributed by atoms with Crippen LogP contribution in [0.5, 0.6) is 0 Å². The van der Waals surface area contributed by atoms with Crippen LogP contribution in [0, 0.1) is 0 Å². The number of aromatic nitrogens is 3. The summed E-state index contributed by atoms with van der Waals surface area (Å²) >= 11 is 0. The van der Waals surface area contributed by atoms with Gasteiger partial charge in [0.15, 0.2) is 5.65 Å². The molecule has 0 atom stereocenters. The molecule has 2 aromatic heterocycles. The maximum absolute atomic E-state index is 12.3.